The lowest BCUT2D eigenvalue weighted by Gasteiger charge is -2.32. The Bertz CT molecular complexity index is 3580. The topological polar surface area (TPSA) is 64.5 Å². The van der Waals surface area contributed by atoms with Gasteiger partial charge in [0, 0.05) is 33.4 Å². The minimum atomic E-state index is -0.527. The number of hydrogen-bond donors (Lipinski definition) is 0. The van der Waals surface area contributed by atoms with Crippen LogP contribution in [0, 0.1) is 0 Å². The van der Waals surface area contributed by atoms with Gasteiger partial charge < -0.3 is 0 Å². The standard InChI is InChI=1S/C62H39N5/c1-4-19-40(20-5-1)58-63-55(39-56(64-58)51-33-18-32-50-49-31-12-15-36-54(49)62(57(50)51)52-34-13-10-29-47(52)48-30-11-14-35-53(48)62)45-27-16-25-43(37-45)44-26-17-28-46(38-44)61-66-59(41-21-6-2-7-22-41)65-60(67-61)42-23-8-3-9-24-42/h1-39H. The van der Waals surface area contributed by atoms with Gasteiger partial charge in [-0.15, -0.1) is 0 Å². The van der Waals surface area contributed by atoms with Gasteiger partial charge in [0.15, 0.2) is 23.3 Å². The summed E-state index contributed by atoms with van der Waals surface area (Å²) in [6.45, 7) is 0. The molecule has 9 aromatic carbocycles. The minimum Gasteiger partial charge on any atom is -0.228 e. The highest BCUT2D eigenvalue weighted by molar-refractivity contribution is 5.98. The Kier molecular flexibility index (Phi) is 9.00. The summed E-state index contributed by atoms with van der Waals surface area (Å²) in [5.74, 6) is 2.55. The maximum atomic E-state index is 5.46. The van der Waals surface area contributed by atoms with Gasteiger partial charge in [0.25, 0.3) is 0 Å². The summed E-state index contributed by atoms with van der Waals surface area (Å²) in [6, 6.07) is 83.3. The Morgan fingerprint density at radius 2 is 0.567 bits per heavy atom. The van der Waals surface area contributed by atoms with E-state index in [9.17, 15) is 0 Å². The Labute approximate surface area is 388 Å². The molecular formula is C62H39N5. The molecule has 0 aliphatic heterocycles. The summed E-state index contributed by atoms with van der Waals surface area (Å²) >= 11 is 0. The Morgan fingerprint density at radius 3 is 1.10 bits per heavy atom. The Balaban J connectivity index is 0.967. The van der Waals surface area contributed by atoms with Gasteiger partial charge in [-0.05, 0) is 73.8 Å². The van der Waals surface area contributed by atoms with Gasteiger partial charge in [-0.3, -0.25) is 0 Å². The molecular weight excluding hydrogens is 815 g/mol. The second-order valence-corrected chi connectivity index (χ2v) is 17.1. The van der Waals surface area contributed by atoms with Gasteiger partial charge in [-0.1, -0.05) is 218 Å². The van der Waals surface area contributed by atoms with Crippen LogP contribution in [0.3, 0.4) is 0 Å². The van der Waals surface area contributed by atoms with Crippen molar-refractivity contribution in [2.45, 2.75) is 5.41 Å². The highest BCUT2D eigenvalue weighted by atomic mass is 15.0. The van der Waals surface area contributed by atoms with Crippen molar-refractivity contribution in [2.24, 2.45) is 0 Å². The van der Waals surface area contributed by atoms with Gasteiger partial charge in [0.1, 0.15) is 0 Å². The monoisotopic (exact) mass is 853 g/mol. The van der Waals surface area contributed by atoms with Crippen LogP contribution in [0.5, 0.6) is 0 Å². The molecule has 67 heavy (non-hydrogen) atoms. The van der Waals surface area contributed by atoms with Crippen molar-refractivity contribution in [3.63, 3.8) is 0 Å². The van der Waals surface area contributed by atoms with E-state index in [1.54, 1.807) is 0 Å². The maximum Gasteiger partial charge on any atom is 0.164 e. The summed E-state index contributed by atoms with van der Waals surface area (Å²) in [4.78, 5) is 25.8. The molecule has 2 heterocycles. The quantitative estimate of drug-likeness (QED) is 0.160. The van der Waals surface area contributed by atoms with Crippen molar-refractivity contribution in [1.82, 2.24) is 24.9 Å². The molecule has 2 aromatic heterocycles. The van der Waals surface area contributed by atoms with Crippen LogP contribution in [0.15, 0.2) is 237 Å². The summed E-state index contributed by atoms with van der Waals surface area (Å²) < 4.78 is 0. The molecule has 0 amide bonds. The van der Waals surface area contributed by atoms with Crippen LogP contribution in [0.1, 0.15) is 22.3 Å². The summed E-state index contributed by atoms with van der Waals surface area (Å²) in [5.41, 5.74) is 19.3. The van der Waals surface area contributed by atoms with E-state index in [2.05, 4.69) is 170 Å². The van der Waals surface area contributed by atoms with Crippen molar-refractivity contribution >= 4 is 0 Å². The molecule has 0 radical (unpaired) electrons. The van der Waals surface area contributed by atoms with Crippen LogP contribution in [-0.4, -0.2) is 24.9 Å². The summed E-state index contributed by atoms with van der Waals surface area (Å²) in [7, 11) is 0. The van der Waals surface area contributed by atoms with Gasteiger partial charge >= 0.3 is 0 Å². The maximum absolute atomic E-state index is 5.46. The van der Waals surface area contributed by atoms with E-state index in [1.807, 2.05) is 66.7 Å². The average molecular weight is 854 g/mol. The fourth-order valence-corrected chi connectivity index (χ4v) is 10.5. The summed E-state index contributed by atoms with van der Waals surface area (Å²) in [5, 5.41) is 0. The van der Waals surface area contributed by atoms with Crippen LogP contribution in [0.2, 0.25) is 0 Å². The molecule has 0 saturated carbocycles. The second kappa shape index (κ2) is 15.7. The van der Waals surface area contributed by atoms with E-state index in [0.29, 0.717) is 23.3 Å². The third kappa shape index (κ3) is 6.28. The predicted octanol–water partition coefficient (Wildman–Crippen LogP) is 14.7. The highest BCUT2D eigenvalue weighted by Crippen LogP contribution is 2.64. The van der Waals surface area contributed by atoms with Crippen LogP contribution >= 0.6 is 0 Å². The predicted molar refractivity (Wildman–Crippen MR) is 270 cm³/mol. The van der Waals surface area contributed by atoms with E-state index in [0.717, 1.165) is 55.9 Å². The van der Waals surface area contributed by atoms with E-state index in [4.69, 9.17) is 24.9 Å². The lowest BCUT2D eigenvalue weighted by atomic mass is 9.69. The van der Waals surface area contributed by atoms with Gasteiger partial charge in [-0.2, -0.15) is 0 Å². The number of nitrogens with zero attached hydrogens (tertiary/aromatic N) is 5. The zero-order chi connectivity index (χ0) is 44.3. The lowest BCUT2D eigenvalue weighted by molar-refractivity contribution is 0.795. The first kappa shape index (κ1) is 38.5. The molecule has 2 aliphatic carbocycles. The number of rotatable bonds is 7. The summed E-state index contributed by atoms with van der Waals surface area (Å²) in [6.07, 6.45) is 0. The minimum absolute atomic E-state index is 0.527. The Morgan fingerprint density at radius 1 is 0.224 bits per heavy atom. The molecule has 2 aliphatic rings. The first-order valence-corrected chi connectivity index (χ1v) is 22.7. The Hall–Kier alpha value is -8.93. The van der Waals surface area contributed by atoms with E-state index in [1.165, 1.54) is 44.5 Å². The van der Waals surface area contributed by atoms with Crippen molar-refractivity contribution in [1.29, 1.82) is 0 Å². The number of benzene rings is 9. The van der Waals surface area contributed by atoms with Crippen molar-refractivity contribution in [3.05, 3.63) is 259 Å². The van der Waals surface area contributed by atoms with Crippen molar-refractivity contribution in [2.75, 3.05) is 0 Å². The van der Waals surface area contributed by atoms with Gasteiger partial charge in [0.05, 0.1) is 16.8 Å². The molecule has 0 fully saturated rings. The number of aromatic nitrogens is 5. The van der Waals surface area contributed by atoms with Crippen LogP contribution in [0.25, 0.3) is 101 Å². The molecule has 312 valence electrons. The molecule has 1 spiro atoms. The molecule has 0 saturated heterocycles. The zero-order valence-electron chi connectivity index (χ0n) is 36.3. The number of hydrogen-bond acceptors (Lipinski definition) is 5. The van der Waals surface area contributed by atoms with E-state index >= 15 is 0 Å². The molecule has 5 heteroatoms. The molecule has 13 rings (SSSR count). The largest absolute Gasteiger partial charge is 0.228 e. The van der Waals surface area contributed by atoms with Crippen LogP contribution in [-0.2, 0) is 5.41 Å². The highest BCUT2D eigenvalue weighted by Gasteiger charge is 2.52. The second-order valence-electron chi connectivity index (χ2n) is 17.1. The smallest absolute Gasteiger partial charge is 0.164 e. The van der Waals surface area contributed by atoms with Gasteiger partial charge in [-0.25, -0.2) is 24.9 Å². The lowest BCUT2D eigenvalue weighted by Crippen LogP contribution is -2.26. The molecule has 0 N–H and O–H groups in total. The molecule has 11 aromatic rings. The van der Waals surface area contributed by atoms with Crippen molar-refractivity contribution in [3.8, 4) is 101 Å². The average Bonchev–Trinajstić information content (AvgIpc) is 3.89. The van der Waals surface area contributed by atoms with E-state index < -0.39 is 5.41 Å². The first-order chi connectivity index (χ1) is 33.2. The molecule has 0 atom stereocenters. The first-order valence-electron chi connectivity index (χ1n) is 22.7. The fourth-order valence-electron chi connectivity index (χ4n) is 10.5. The fraction of sp³-hybridized carbons (Fsp3) is 0.0161. The van der Waals surface area contributed by atoms with Gasteiger partial charge in [0.2, 0.25) is 0 Å². The number of fused-ring (bicyclic) bond motifs is 10. The molecule has 5 nitrogen and oxygen atoms in total. The third-order valence-corrected chi connectivity index (χ3v) is 13.4. The van der Waals surface area contributed by atoms with Crippen molar-refractivity contribution < 1.29 is 0 Å². The van der Waals surface area contributed by atoms with E-state index in [-0.39, 0.29) is 0 Å². The van der Waals surface area contributed by atoms with Crippen LogP contribution < -0.4 is 0 Å². The van der Waals surface area contributed by atoms with Crippen LogP contribution in [0.4, 0.5) is 0 Å². The third-order valence-electron chi connectivity index (χ3n) is 13.4. The SMILES string of the molecule is c1ccc(-c2nc(-c3cccc(-c4cccc(-c5nc(-c6ccccc6)nc(-c6ccccc6)n5)c4)c3)cc(-c3cccc4c3C3(c5ccccc5-c5ccccc53)c3ccccc3-4)n2)cc1. The normalized spacial score (nSPS) is 12.6. The molecule has 0 unspecified atom stereocenters. The molecule has 0 bridgehead atoms. The zero-order valence-corrected chi connectivity index (χ0v) is 36.3.